The van der Waals surface area contributed by atoms with Crippen molar-refractivity contribution in [1.82, 2.24) is 9.38 Å². The Labute approximate surface area is 198 Å². The first-order valence-corrected chi connectivity index (χ1v) is 10.5. The molecule has 172 valence electrons. The van der Waals surface area contributed by atoms with E-state index in [1.165, 1.54) is 23.8 Å². The lowest BCUT2D eigenvalue weighted by Gasteiger charge is -2.14. The molecule has 0 aliphatic carbocycles. The van der Waals surface area contributed by atoms with Crippen molar-refractivity contribution in [2.45, 2.75) is 6.61 Å². The fraction of sp³-hybridized carbons (Fsp3) is 0.0833. The number of esters is 1. The van der Waals surface area contributed by atoms with E-state index in [1.54, 1.807) is 60.7 Å². The molecule has 2 aromatic carbocycles. The number of benzene rings is 2. The summed E-state index contributed by atoms with van der Waals surface area (Å²) in [7, 11) is 1.26. The highest BCUT2D eigenvalue weighted by atomic mass is 35.5. The third-order valence-electron chi connectivity index (χ3n) is 4.77. The summed E-state index contributed by atoms with van der Waals surface area (Å²) < 4.78 is 11.9. The maximum absolute atomic E-state index is 12.6. The van der Waals surface area contributed by atoms with Gasteiger partial charge in [0.15, 0.2) is 0 Å². The summed E-state index contributed by atoms with van der Waals surface area (Å²) >= 11 is 5.94. The summed E-state index contributed by atoms with van der Waals surface area (Å²) in [6.45, 7) is -0.000146. The van der Waals surface area contributed by atoms with Crippen LogP contribution in [0.3, 0.4) is 0 Å². The molecule has 2 amide bonds. The highest BCUT2D eigenvalue weighted by Crippen LogP contribution is 2.25. The number of halogens is 1. The SMILES string of the molecule is COC(=O)c1ccccc1NC(=O)Nc1ccccc1OCc1cc(=O)n2cc(Cl)ccc2n1. The molecular formula is C24H19ClN4O5. The minimum Gasteiger partial charge on any atom is -0.485 e. The van der Waals surface area contributed by atoms with Crippen LogP contribution < -0.4 is 20.9 Å². The van der Waals surface area contributed by atoms with Gasteiger partial charge in [-0.15, -0.1) is 0 Å². The molecule has 2 N–H and O–H groups in total. The lowest BCUT2D eigenvalue weighted by atomic mass is 10.2. The summed E-state index contributed by atoms with van der Waals surface area (Å²) in [5, 5.41) is 5.76. The summed E-state index contributed by atoms with van der Waals surface area (Å²) in [5.74, 6) is -0.197. The van der Waals surface area contributed by atoms with E-state index in [0.29, 0.717) is 33.5 Å². The zero-order valence-corrected chi connectivity index (χ0v) is 18.7. The van der Waals surface area contributed by atoms with Crippen LogP contribution in [0.1, 0.15) is 16.1 Å². The molecule has 9 nitrogen and oxygen atoms in total. The number of amides is 2. The van der Waals surface area contributed by atoms with E-state index in [9.17, 15) is 14.4 Å². The molecule has 0 saturated carbocycles. The molecule has 0 saturated heterocycles. The highest BCUT2D eigenvalue weighted by Gasteiger charge is 2.14. The first kappa shape index (κ1) is 22.8. The van der Waals surface area contributed by atoms with Crippen molar-refractivity contribution in [1.29, 1.82) is 0 Å². The second kappa shape index (κ2) is 10.1. The quantitative estimate of drug-likeness (QED) is 0.398. The number of nitrogens with zero attached hydrogens (tertiary/aromatic N) is 2. The van der Waals surface area contributed by atoms with Crippen molar-refractivity contribution in [3.63, 3.8) is 0 Å². The van der Waals surface area contributed by atoms with E-state index in [4.69, 9.17) is 21.1 Å². The van der Waals surface area contributed by atoms with Gasteiger partial charge in [-0.2, -0.15) is 0 Å². The van der Waals surface area contributed by atoms with Gasteiger partial charge in [-0.25, -0.2) is 14.6 Å². The number of nitrogens with one attached hydrogen (secondary N) is 2. The van der Waals surface area contributed by atoms with Gasteiger partial charge in [-0.3, -0.25) is 9.20 Å². The van der Waals surface area contributed by atoms with E-state index < -0.39 is 12.0 Å². The lowest BCUT2D eigenvalue weighted by Crippen LogP contribution is -2.21. The Kier molecular flexibility index (Phi) is 6.74. The summed E-state index contributed by atoms with van der Waals surface area (Å²) in [6.07, 6.45) is 1.49. The number of anilines is 2. The number of carbonyl (C=O) groups is 2. The minimum absolute atomic E-state index is 0.000146. The lowest BCUT2D eigenvalue weighted by molar-refractivity contribution is 0.0602. The first-order valence-electron chi connectivity index (χ1n) is 10.1. The Morgan fingerprint density at radius 1 is 1.00 bits per heavy atom. The molecule has 0 bridgehead atoms. The van der Waals surface area contributed by atoms with Crippen LogP contribution in [0.5, 0.6) is 5.75 Å². The van der Waals surface area contributed by atoms with E-state index in [-0.39, 0.29) is 17.7 Å². The Balaban J connectivity index is 1.48. The molecule has 0 spiro atoms. The van der Waals surface area contributed by atoms with Gasteiger partial charge in [0.05, 0.1) is 34.8 Å². The number of hydrogen-bond acceptors (Lipinski definition) is 6. The second-order valence-corrected chi connectivity index (χ2v) is 7.50. The largest absolute Gasteiger partial charge is 0.485 e. The van der Waals surface area contributed by atoms with Gasteiger partial charge in [-0.05, 0) is 36.4 Å². The molecule has 4 aromatic rings. The molecule has 0 aliphatic heterocycles. The van der Waals surface area contributed by atoms with Gasteiger partial charge in [-0.1, -0.05) is 35.9 Å². The zero-order valence-electron chi connectivity index (χ0n) is 17.9. The molecule has 0 aliphatic rings. The monoisotopic (exact) mass is 478 g/mol. The van der Waals surface area contributed by atoms with Crippen molar-refractivity contribution >= 4 is 40.6 Å². The Morgan fingerprint density at radius 2 is 1.71 bits per heavy atom. The number of carbonyl (C=O) groups excluding carboxylic acids is 2. The highest BCUT2D eigenvalue weighted by molar-refractivity contribution is 6.30. The van der Waals surface area contributed by atoms with Crippen LogP contribution in [0.15, 0.2) is 77.7 Å². The average molecular weight is 479 g/mol. The first-order chi connectivity index (χ1) is 16.4. The number of ether oxygens (including phenoxy) is 2. The van der Waals surface area contributed by atoms with Crippen molar-refractivity contribution in [2.24, 2.45) is 0 Å². The normalized spacial score (nSPS) is 10.5. The molecule has 34 heavy (non-hydrogen) atoms. The third kappa shape index (κ3) is 5.16. The smallest absolute Gasteiger partial charge is 0.339 e. The van der Waals surface area contributed by atoms with Gasteiger partial charge in [0, 0.05) is 12.3 Å². The number of pyridine rings is 1. The Hall–Kier alpha value is -4.37. The summed E-state index contributed by atoms with van der Waals surface area (Å²) in [5.41, 5.74) is 1.47. The van der Waals surface area contributed by atoms with Crippen molar-refractivity contribution in [3.8, 4) is 5.75 Å². The minimum atomic E-state index is -0.577. The Morgan fingerprint density at radius 3 is 2.50 bits per heavy atom. The number of para-hydroxylation sites is 3. The molecule has 0 fully saturated rings. The van der Waals surface area contributed by atoms with E-state index in [2.05, 4.69) is 15.6 Å². The molecule has 0 unspecified atom stereocenters. The van der Waals surface area contributed by atoms with Crippen LogP contribution in [0.2, 0.25) is 5.02 Å². The predicted molar refractivity (Wildman–Crippen MR) is 128 cm³/mol. The fourth-order valence-electron chi connectivity index (χ4n) is 3.20. The summed E-state index contributed by atoms with van der Waals surface area (Å²) in [4.78, 5) is 41.3. The van der Waals surface area contributed by atoms with E-state index >= 15 is 0 Å². The maximum Gasteiger partial charge on any atom is 0.339 e. The van der Waals surface area contributed by atoms with Crippen molar-refractivity contribution < 1.29 is 19.1 Å². The van der Waals surface area contributed by atoms with Gasteiger partial charge < -0.3 is 20.1 Å². The van der Waals surface area contributed by atoms with Gasteiger partial charge in [0.25, 0.3) is 5.56 Å². The summed E-state index contributed by atoms with van der Waals surface area (Å²) in [6, 6.07) is 17.4. The molecule has 2 heterocycles. The molecule has 10 heteroatoms. The average Bonchev–Trinajstić information content (AvgIpc) is 2.84. The number of urea groups is 1. The van der Waals surface area contributed by atoms with Gasteiger partial charge in [0.2, 0.25) is 0 Å². The number of aromatic nitrogens is 2. The number of fused-ring (bicyclic) bond motifs is 1. The van der Waals surface area contributed by atoms with Crippen LogP contribution in [0.4, 0.5) is 16.2 Å². The van der Waals surface area contributed by atoms with Crippen molar-refractivity contribution in [2.75, 3.05) is 17.7 Å². The number of methoxy groups -OCH3 is 1. The number of rotatable bonds is 6. The topological polar surface area (TPSA) is 111 Å². The van der Waals surface area contributed by atoms with Crippen LogP contribution in [-0.4, -0.2) is 28.5 Å². The van der Waals surface area contributed by atoms with Gasteiger partial charge in [0.1, 0.15) is 18.0 Å². The molecular weight excluding hydrogens is 460 g/mol. The van der Waals surface area contributed by atoms with E-state index in [1.807, 2.05) is 0 Å². The molecule has 4 rings (SSSR count). The van der Waals surface area contributed by atoms with Crippen LogP contribution in [0, 0.1) is 0 Å². The fourth-order valence-corrected chi connectivity index (χ4v) is 3.36. The third-order valence-corrected chi connectivity index (χ3v) is 4.99. The predicted octanol–water partition coefficient (Wildman–Crippen LogP) is 4.36. The van der Waals surface area contributed by atoms with Crippen LogP contribution in [-0.2, 0) is 11.3 Å². The molecule has 2 aromatic heterocycles. The van der Waals surface area contributed by atoms with Gasteiger partial charge >= 0.3 is 12.0 Å². The standard InChI is InChI=1S/C24H19ClN4O5/c1-33-23(31)17-6-2-3-7-18(17)27-24(32)28-19-8-4-5-9-20(19)34-14-16-12-22(30)29-13-15(25)10-11-21(29)26-16/h2-13H,14H2,1H3,(H2,27,28,32). The van der Waals surface area contributed by atoms with E-state index in [0.717, 1.165) is 0 Å². The number of hydrogen-bond donors (Lipinski definition) is 2. The molecule has 0 radical (unpaired) electrons. The zero-order chi connectivity index (χ0) is 24.1. The Bertz CT molecular complexity index is 1440. The van der Waals surface area contributed by atoms with Crippen LogP contribution >= 0.6 is 11.6 Å². The second-order valence-electron chi connectivity index (χ2n) is 7.06. The van der Waals surface area contributed by atoms with Crippen LogP contribution in [0.25, 0.3) is 5.65 Å². The maximum atomic E-state index is 12.6. The van der Waals surface area contributed by atoms with Crippen molar-refractivity contribution in [3.05, 3.63) is 99.6 Å². The molecule has 0 atom stereocenters.